The Labute approximate surface area is 187 Å². The number of hydrogen-bond donors (Lipinski definition) is 3. The minimum atomic E-state index is -1.15. The van der Waals surface area contributed by atoms with Gasteiger partial charge in [0, 0.05) is 40.8 Å². The fraction of sp³-hybridized carbons (Fsp3) is 0.250. The number of anilines is 2. The van der Waals surface area contributed by atoms with E-state index in [9.17, 15) is 9.59 Å². The SMILES string of the molecule is C[C@H](Nc1nccc(N2C[C@H](NC(=O)O)CC2=O)n1)c1cnc(-c2ccc(Cl)cc2)s1. The average molecular weight is 459 g/mol. The van der Waals surface area contributed by atoms with Crippen LogP contribution in [0.15, 0.2) is 42.7 Å². The third-order valence-electron chi connectivity index (χ3n) is 4.76. The summed E-state index contributed by atoms with van der Waals surface area (Å²) >= 11 is 7.50. The fourth-order valence-electron chi connectivity index (χ4n) is 3.25. The summed E-state index contributed by atoms with van der Waals surface area (Å²) in [6.07, 6.45) is 2.32. The Balaban J connectivity index is 1.45. The Morgan fingerprint density at radius 2 is 2.06 bits per heavy atom. The van der Waals surface area contributed by atoms with Crippen LogP contribution in [0.5, 0.6) is 0 Å². The molecule has 2 amide bonds. The molecule has 1 saturated heterocycles. The van der Waals surface area contributed by atoms with Gasteiger partial charge >= 0.3 is 6.09 Å². The lowest BCUT2D eigenvalue weighted by atomic mass is 10.2. The molecule has 9 nitrogen and oxygen atoms in total. The molecule has 0 bridgehead atoms. The second-order valence-electron chi connectivity index (χ2n) is 7.03. The Bertz CT molecular complexity index is 1110. The lowest BCUT2D eigenvalue weighted by Crippen LogP contribution is -2.36. The fourth-order valence-corrected chi connectivity index (χ4v) is 4.30. The standard InChI is InChI=1S/C20H19ClN6O3S/c1-11(15-9-23-18(31-15)12-2-4-13(21)5-3-12)24-19-22-7-6-16(26-19)27-10-14(8-17(27)28)25-20(29)30/h2-7,9,11,14,25H,8,10H2,1H3,(H,29,30)(H,22,24,26)/t11-,14+/m0/s1. The molecule has 1 aliphatic heterocycles. The van der Waals surface area contributed by atoms with Crippen LogP contribution in [0.3, 0.4) is 0 Å². The number of nitrogens with one attached hydrogen (secondary N) is 2. The van der Waals surface area contributed by atoms with Gasteiger partial charge in [-0.3, -0.25) is 9.69 Å². The maximum Gasteiger partial charge on any atom is 0.404 e. The van der Waals surface area contributed by atoms with E-state index in [1.807, 2.05) is 37.4 Å². The van der Waals surface area contributed by atoms with Gasteiger partial charge in [-0.2, -0.15) is 4.98 Å². The summed E-state index contributed by atoms with van der Waals surface area (Å²) < 4.78 is 0. The van der Waals surface area contributed by atoms with E-state index >= 15 is 0 Å². The average Bonchev–Trinajstić information content (AvgIpc) is 3.35. The molecule has 1 fully saturated rings. The number of nitrogens with zero attached hydrogens (tertiary/aromatic N) is 4. The minimum Gasteiger partial charge on any atom is -0.465 e. The Kier molecular flexibility index (Phi) is 6.01. The third-order valence-corrected chi connectivity index (χ3v) is 6.24. The summed E-state index contributed by atoms with van der Waals surface area (Å²) in [6.45, 7) is 2.21. The molecule has 1 aliphatic rings. The third kappa shape index (κ3) is 4.92. The summed E-state index contributed by atoms with van der Waals surface area (Å²) in [6, 6.07) is 8.57. The van der Waals surface area contributed by atoms with Crippen molar-refractivity contribution in [3.05, 3.63) is 52.6 Å². The number of carbonyl (C=O) groups excluding carboxylic acids is 1. The number of thiazole rings is 1. The first kappa shape index (κ1) is 21.0. The van der Waals surface area contributed by atoms with Crippen molar-refractivity contribution in [1.82, 2.24) is 20.3 Å². The van der Waals surface area contributed by atoms with Crippen LogP contribution in [0.25, 0.3) is 10.6 Å². The maximum absolute atomic E-state index is 12.3. The van der Waals surface area contributed by atoms with E-state index < -0.39 is 12.1 Å². The lowest BCUT2D eigenvalue weighted by molar-refractivity contribution is -0.117. The predicted molar refractivity (Wildman–Crippen MR) is 119 cm³/mol. The van der Waals surface area contributed by atoms with Crippen LogP contribution < -0.4 is 15.5 Å². The van der Waals surface area contributed by atoms with E-state index in [4.69, 9.17) is 16.7 Å². The van der Waals surface area contributed by atoms with Crippen LogP contribution in [0.2, 0.25) is 5.02 Å². The smallest absolute Gasteiger partial charge is 0.404 e. The van der Waals surface area contributed by atoms with Crippen molar-refractivity contribution in [2.24, 2.45) is 0 Å². The number of rotatable bonds is 6. The second-order valence-corrected chi connectivity index (χ2v) is 8.53. The normalized spacial score (nSPS) is 16.9. The van der Waals surface area contributed by atoms with Crippen molar-refractivity contribution in [2.75, 3.05) is 16.8 Å². The highest BCUT2D eigenvalue weighted by Crippen LogP contribution is 2.31. The summed E-state index contributed by atoms with van der Waals surface area (Å²) in [5, 5.41) is 16.0. The molecule has 4 rings (SSSR count). The highest BCUT2D eigenvalue weighted by molar-refractivity contribution is 7.15. The van der Waals surface area contributed by atoms with Crippen molar-refractivity contribution in [2.45, 2.75) is 25.4 Å². The van der Waals surface area contributed by atoms with Crippen molar-refractivity contribution in [3.8, 4) is 10.6 Å². The zero-order chi connectivity index (χ0) is 22.0. The highest BCUT2D eigenvalue weighted by Gasteiger charge is 2.32. The minimum absolute atomic E-state index is 0.101. The molecule has 0 spiro atoms. The van der Waals surface area contributed by atoms with Gasteiger partial charge in [0.2, 0.25) is 11.9 Å². The van der Waals surface area contributed by atoms with Gasteiger partial charge in [0.05, 0.1) is 12.1 Å². The van der Waals surface area contributed by atoms with Crippen LogP contribution in [0, 0.1) is 0 Å². The molecule has 1 aromatic carbocycles. The molecular weight excluding hydrogens is 440 g/mol. The molecule has 3 N–H and O–H groups in total. The topological polar surface area (TPSA) is 120 Å². The van der Waals surface area contributed by atoms with E-state index in [-0.39, 0.29) is 24.9 Å². The zero-order valence-electron chi connectivity index (χ0n) is 16.4. The van der Waals surface area contributed by atoms with Gasteiger partial charge in [-0.1, -0.05) is 23.7 Å². The Morgan fingerprint density at radius 3 is 2.81 bits per heavy atom. The highest BCUT2D eigenvalue weighted by atomic mass is 35.5. The molecule has 0 radical (unpaired) electrons. The number of carbonyl (C=O) groups is 2. The predicted octanol–water partition coefficient (Wildman–Crippen LogP) is 3.80. The number of hydrogen-bond acceptors (Lipinski definition) is 7. The van der Waals surface area contributed by atoms with Gasteiger partial charge < -0.3 is 15.7 Å². The number of halogens is 1. The van der Waals surface area contributed by atoms with Crippen LogP contribution in [0.4, 0.5) is 16.6 Å². The van der Waals surface area contributed by atoms with Crippen LogP contribution in [0.1, 0.15) is 24.3 Å². The lowest BCUT2D eigenvalue weighted by Gasteiger charge is -2.17. The quantitative estimate of drug-likeness (QED) is 0.513. The Hall–Kier alpha value is -3.24. The van der Waals surface area contributed by atoms with Crippen LogP contribution in [-0.4, -0.2) is 44.6 Å². The van der Waals surface area contributed by atoms with Crippen molar-refractivity contribution < 1.29 is 14.7 Å². The number of carboxylic acid groups (broad SMARTS) is 1. The van der Waals surface area contributed by atoms with Gasteiger partial charge in [0.25, 0.3) is 0 Å². The molecule has 3 aromatic rings. The summed E-state index contributed by atoms with van der Waals surface area (Å²) in [4.78, 5) is 38.7. The molecule has 2 atom stereocenters. The molecule has 0 unspecified atom stereocenters. The zero-order valence-corrected chi connectivity index (χ0v) is 18.0. The van der Waals surface area contributed by atoms with E-state index in [0.717, 1.165) is 15.4 Å². The van der Waals surface area contributed by atoms with E-state index in [0.29, 0.717) is 16.8 Å². The van der Waals surface area contributed by atoms with Crippen molar-refractivity contribution >= 4 is 46.7 Å². The number of benzene rings is 1. The van der Waals surface area contributed by atoms with Crippen LogP contribution >= 0.6 is 22.9 Å². The van der Waals surface area contributed by atoms with E-state index in [1.54, 1.807) is 23.6 Å². The molecule has 2 aromatic heterocycles. The van der Waals surface area contributed by atoms with Gasteiger partial charge in [-0.25, -0.2) is 14.8 Å². The first-order valence-electron chi connectivity index (χ1n) is 9.50. The summed E-state index contributed by atoms with van der Waals surface area (Å²) in [7, 11) is 0. The monoisotopic (exact) mass is 458 g/mol. The van der Waals surface area contributed by atoms with Crippen molar-refractivity contribution in [1.29, 1.82) is 0 Å². The Morgan fingerprint density at radius 1 is 1.29 bits per heavy atom. The van der Waals surface area contributed by atoms with E-state index in [2.05, 4.69) is 25.6 Å². The number of amides is 2. The molecule has 0 saturated carbocycles. The molecular formula is C20H19ClN6O3S. The first-order valence-corrected chi connectivity index (χ1v) is 10.7. The first-order chi connectivity index (χ1) is 14.9. The van der Waals surface area contributed by atoms with Crippen LogP contribution in [-0.2, 0) is 4.79 Å². The van der Waals surface area contributed by atoms with Gasteiger partial charge in [0.15, 0.2) is 0 Å². The van der Waals surface area contributed by atoms with Gasteiger partial charge in [0.1, 0.15) is 10.8 Å². The van der Waals surface area contributed by atoms with Gasteiger partial charge in [-0.15, -0.1) is 11.3 Å². The molecule has 3 heterocycles. The molecule has 160 valence electrons. The van der Waals surface area contributed by atoms with Gasteiger partial charge in [-0.05, 0) is 25.1 Å². The van der Waals surface area contributed by atoms with E-state index in [1.165, 1.54) is 4.90 Å². The van der Waals surface area contributed by atoms with Crippen molar-refractivity contribution in [3.63, 3.8) is 0 Å². The maximum atomic E-state index is 12.3. The summed E-state index contributed by atoms with van der Waals surface area (Å²) in [5.41, 5.74) is 0.989. The second kappa shape index (κ2) is 8.86. The number of aromatic nitrogens is 3. The molecule has 0 aliphatic carbocycles. The molecule has 31 heavy (non-hydrogen) atoms. The summed E-state index contributed by atoms with van der Waals surface area (Å²) in [5.74, 6) is 0.607. The largest absolute Gasteiger partial charge is 0.465 e. The molecule has 11 heteroatoms.